The second-order valence-electron chi connectivity index (χ2n) is 14.0. The number of thiophene rings is 3. The lowest BCUT2D eigenvalue weighted by Gasteiger charge is -2.11. The smallest absolute Gasteiger partial charge is 0.164 e. The zero-order valence-corrected chi connectivity index (χ0v) is 32.5. The van der Waals surface area contributed by atoms with E-state index in [-0.39, 0.29) is 0 Å². The zero-order valence-electron chi connectivity index (χ0n) is 30.0. The van der Waals surface area contributed by atoms with E-state index in [1.54, 1.807) is 22.7 Å². The Bertz CT molecular complexity index is 3480. The summed E-state index contributed by atoms with van der Waals surface area (Å²) < 4.78 is 7.13. The molecule has 12 aromatic rings. The van der Waals surface area contributed by atoms with Crippen LogP contribution in [-0.2, 0) is 0 Å². The summed E-state index contributed by atoms with van der Waals surface area (Å²) in [5, 5.41) is 5.88. The van der Waals surface area contributed by atoms with Crippen LogP contribution in [0.15, 0.2) is 164 Å². The Balaban J connectivity index is 1.12. The van der Waals surface area contributed by atoms with Crippen LogP contribution in [0, 0.1) is 0 Å². The van der Waals surface area contributed by atoms with Crippen LogP contribution in [0.2, 0.25) is 0 Å². The fourth-order valence-electron chi connectivity index (χ4n) is 7.95. The molecule has 7 aromatic carbocycles. The highest BCUT2D eigenvalue weighted by Crippen LogP contribution is 2.46. The third-order valence-electron chi connectivity index (χ3n) is 10.6. The predicted octanol–water partition coefficient (Wildman–Crippen LogP) is 14.1. The van der Waals surface area contributed by atoms with E-state index < -0.39 is 0 Å². The van der Waals surface area contributed by atoms with Crippen molar-refractivity contribution in [2.75, 3.05) is 0 Å². The Morgan fingerprint density at radius 1 is 0.316 bits per heavy atom. The van der Waals surface area contributed by atoms with Crippen molar-refractivity contribution in [1.82, 2.24) is 24.9 Å². The van der Waals surface area contributed by atoms with Gasteiger partial charge in [0.1, 0.15) is 0 Å². The Hall–Kier alpha value is -6.71. The normalized spacial score (nSPS) is 11.9. The van der Waals surface area contributed by atoms with Crippen LogP contribution >= 0.6 is 34.0 Å². The van der Waals surface area contributed by atoms with Gasteiger partial charge in [-0.3, -0.25) is 0 Å². The van der Waals surface area contributed by atoms with Gasteiger partial charge in [0.25, 0.3) is 0 Å². The summed E-state index contributed by atoms with van der Waals surface area (Å²) in [5.41, 5.74) is 6.81. The van der Waals surface area contributed by atoms with Crippen LogP contribution in [0.4, 0.5) is 0 Å². The van der Waals surface area contributed by atoms with E-state index in [2.05, 4.69) is 103 Å². The summed E-state index contributed by atoms with van der Waals surface area (Å²) in [6.07, 6.45) is 0. The first kappa shape index (κ1) is 32.5. The third kappa shape index (κ3) is 5.29. The summed E-state index contributed by atoms with van der Waals surface area (Å²) in [5.74, 6) is 2.59. The van der Waals surface area contributed by atoms with Crippen molar-refractivity contribution in [3.05, 3.63) is 164 Å². The number of nitrogens with zero attached hydrogens (tertiary/aromatic N) is 5. The highest BCUT2D eigenvalue weighted by molar-refractivity contribution is 7.27. The van der Waals surface area contributed by atoms with Gasteiger partial charge in [-0.05, 0) is 30.3 Å². The van der Waals surface area contributed by atoms with Gasteiger partial charge in [-0.1, -0.05) is 133 Å². The van der Waals surface area contributed by atoms with Crippen molar-refractivity contribution in [2.45, 2.75) is 0 Å². The van der Waals surface area contributed by atoms with E-state index in [9.17, 15) is 0 Å². The Morgan fingerprint density at radius 3 is 1.49 bits per heavy atom. The second-order valence-corrected chi connectivity index (χ2v) is 17.2. The molecule has 5 heterocycles. The molecule has 0 bridgehead atoms. The zero-order chi connectivity index (χ0) is 37.5. The van der Waals surface area contributed by atoms with Gasteiger partial charge in [0.2, 0.25) is 0 Å². The summed E-state index contributed by atoms with van der Waals surface area (Å²) in [6, 6.07) is 57.2. The number of benzene rings is 7. The van der Waals surface area contributed by atoms with Gasteiger partial charge in [-0.15, -0.1) is 34.0 Å². The maximum atomic E-state index is 5.51. The average Bonchev–Trinajstić information content (AvgIpc) is 3.97. The number of fused-ring (bicyclic) bond motifs is 9. The van der Waals surface area contributed by atoms with Gasteiger partial charge in [0.05, 0.1) is 15.9 Å². The molecular weight excluding hydrogens is 755 g/mol. The van der Waals surface area contributed by atoms with Gasteiger partial charge in [0.15, 0.2) is 23.3 Å². The van der Waals surface area contributed by atoms with Crippen LogP contribution in [-0.4, -0.2) is 24.9 Å². The molecule has 0 fully saturated rings. The first-order valence-corrected chi connectivity index (χ1v) is 21.1. The summed E-state index contributed by atoms with van der Waals surface area (Å²) >= 11 is 5.36. The fraction of sp³-hybridized carbons (Fsp3) is 0. The lowest BCUT2D eigenvalue weighted by atomic mass is 10.0. The van der Waals surface area contributed by atoms with Gasteiger partial charge in [-0.25, -0.2) is 24.9 Å². The molecule has 0 radical (unpaired) electrons. The van der Waals surface area contributed by atoms with E-state index in [0.29, 0.717) is 23.3 Å². The SMILES string of the molecule is c1ccc(-c2nc(-c3ccccc3)nc(-c3cccc4sc5cccc(-c6nc(-c7ccc8c(c7)sc7ccccc78)c7sc8ccccc8c7n6)c5c34)n2)cc1. The molecular formula is C49H27N5S3. The van der Waals surface area contributed by atoms with E-state index in [1.165, 1.54) is 24.9 Å². The summed E-state index contributed by atoms with van der Waals surface area (Å²) in [7, 11) is 0. The molecule has 0 saturated heterocycles. The molecule has 0 N–H and O–H groups in total. The van der Waals surface area contributed by atoms with Gasteiger partial charge in [0, 0.05) is 78.2 Å². The molecule has 0 amide bonds. The van der Waals surface area contributed by atoms with Crippen molar-refractivity contribution in [3.8, 4) is 56.8 Å². The quantitative estimate of drug-likeness (QED) is 0.174. The van der Waals surface area contributed by atoms with Crippen LogP contribution in [0.3, 0.4) is 0 Å². The molecule has 5 nitrogen and oxygen atoms in total. The van der Waals surface area contributed by atoms with Gasteiger partial charge < -0.3 is 0 Å². The second kappa shape index (κ2) is 12.9. The third-order valence-corrected chi connectivity index (χ3v) is 14.0. The monoisotopic (exact) mass is 781 g/mol. The van der Waals surface area contributed by atoms with Crippen LogP contribution in [0.1, 0.15) is 0 Å². The van der Waals surface area contributed by atoms with E-state index in [0.717, 1.165) is 69.3 Å². The number of rotatable bonds is 5. The molecule has 0 aliphatic heterocycles. The van der Waals surface area contributed by atoms with Gasteiger partial charge in [-0.2, -0.15) is 0 Å². The molecule has 12 rings (SSSR count). The number of aromatic nitrogens is 5. The molecule has 0 unspecified atom stereocenters. The molecule has 57 heavy (non-hydrogen) atoms. The molecule has 8 heteroatoms. The summed E-state index contributed by atoms with van der Waals surface area (Å²) in [6.45, 7) is 0. The molecule has 0 aliphatic carbocycles. The van der Waals surface area contributed by atoms with Crippen LogP contribution < -0.4 is 0 Å². The first-order chi connectivity index (χ1) is 28.2. The highest BCUT2D eigenvalue weighted by Gasteiger charge is 2.22. The Labute approximate surface area is 338 Å². The Kier molecular flexibility index (Phi) is 7.38. The Morgan fingerprint density at radius 2 is 0.825 bits per heavy atom. The van der Waals surface area contributed by atoms with Gasteiger partial charge >= 0.3 is 0 Å². The van der Waals surface area contributed by atoms with Crippen molar-refractivity contribution in [2.24, 2.45) is 0 Å². The molecule has 0 saturated carbocycles. The van der Waals surface area contributed by atoms with Crippen molar-refractivity contribution >= 4 is 94.7 Å². The minimum atomic E-state index is 0.625. The predicted molar refractivity (Wildman–Crippen MR) is 241 cm³/mol. The topological polar surface area (TPSA) is 64.5 Å². The van der Waals surface area contributed by atoms with Crippen LogP contribution in [0.25, 0.3) is 117 Å². The van der Waals surface area contributed by atoms with E-state index >= 15 is 0 Å². The number of hydrogen-bond donors (Lipinski definition) is 0. The van der Waals surface area contributed by atoms with Crippen molar-refractivity contribution in [3.63, 3.8) is 0 Å². The largest absolute Gasteiger partial charge is 0.226 e. The van der Waals surface area contributed by atoms with Crippen LogP contribution in [0.5, 0.6) is 0 Å². The summed E-state index contributed by atoms with van der Waals surface area (Å²) in [4.78, 5) is 26.2. The lowest BCUT2D eigenvalue weighted by Crippen LogP contribution is -2.00. The average molecular weight is 782 g/mol. The fourth-order valence-corrected chi connectivity index (χ4v) is 11.4. The molecule has 0 atom stereocenters. The minimum Gasteiger partial charge on any atom is -0.226 e. The molecule has 266 valence electrons. The van der Waals surface area contributed by atoms with E-state index in [1.807, 2.05) is 72.0 Å². The van der Waals surface area contributed by atoms with Crippen molar-refractivity contribution < 1.29 is 0 Å². The first-order valence-electron chi connectivity index (χ1n) is 18.7. The molecule has 0 aliphatic rings. The molecule has 0 spiro atoms. The molecule has 5 aromatic heterocycles. The standard InChI is InChI=1S/C49H27N5S3/c1-3-13-28(14-4-1)46-52-47(29-15-5-2-6-16-29)54-49(53-46)35-20-12-24-39-42(35)41-34(19-11-23-38(41)56-39)48-50-43(45-44(51-48)33-18-8-10-22-37(33)57-45)30-25-26-32-31-17-7-9-21-36(31)55-40(32)27-30/h1-27H. The van der Waals surface area contributed by atoms with E-state index in [4.69, 9.17) is 24.9 Å². The highest BCUT2D eigenvalue weighted by atomic mass is 32.1. The number of hydrogen-bond acceptors (Lipinski definition) is 8. The van der Waals surface area contributed by atoms with Crippen molar-refractivity contribution in [1.29, 1.82) is 0 Å². The minimum absolute atomic E-state index is 0.625. The maximum Gasteiger partial charge on any atom is 0.164 e. The lowest BCUT2D eigenvalue weighted by molar-refractivity contribution is 1.08. The maximum absolute atomic E-state index is 5.51.